The van der Waals surface area contributed by atoms with E-state index in [4.69, 9.17) is 4.42 Å². The molecule has 2 aromatic rings. The maximum absolute atomic E-state index is 12.5. The van der Waals surface area contributed by atoms with E-state index >= 15 is 0 Å². The van der Waals surface area contributed by atoms with Gasteiger partial charge in [0.05, 0.1) is 23.4 Å². The summed E-state index contributed by atoms with van der Waals surface area (Å²) in [6.07, 6.45) is 6.70. The summed E-state index contributed by atoms with van der Waals surface area (Å²) >= 11 is 1.71. The van der Waals surface area contributed by atoms with Crippen LogP contribution in [0.5, 0.6) is 0 Å². The normalized spacial score (nSPS) is 19.3. The molecule has 1 aromatic heterocycles. The zero-order valence-corrected chi connectivity index (χ0v) is 15.9. The van der Waals surface area contributed by atoms with E-state index in [1.807, 2.05) is 58.3 Å². The number of benzene rings is 1. The highest BCUT2D eigenvalue weighted by atomic mass is 32.2. The molecule has 5 nitrogen and oxygen atoms in total. The van der Waals surface area contributed by atoms with Crippen LogP contribution >= 0.6 is 11.8 Å². The molecule has 0 atom stereocenters. The lowest BCUT2D eigenvalue weighted by Crippen LogP contribution is -2.52. The monoisotopic (exact) mass is 382 g/mol. The van der Waals surface area contributed by atoms with Gasteiger partial charge in [-0.3, -0.25) is 9.59 Å². The Bertz CT molecular complexity index is 824. The number of thioether (sulfide) groups is 1. The molecule has 4 rings (SSSR count). The Labute approximate surface area is 163 Å². The van der Waals surface area contributed by atoms with Crippen molar-refractivity contribution in [3.8, 4) is 0 Å². The molecule has 0 N–H and O–H groups in total. The molecule has 0 saturated carbocycles. The molecule has 1 aromatic carbocycles. The minimum Gasteiger partial charge on any atom is -0.467 e. The lowest BCUT2D eigenvalue weighted by Gasteiger charge is -2.43. The third kappa shape index (κ3) is 3.81. The topological polar surface area (TPSA) is 53.8 Å². The van der Waals surface area contributed by atoms with Crippen molar-refractivity contribution < 1.29 is 14.0 Å². The van der Waals surface area contributed by atoms with Gasteiger partial charge >= 0.3 is 0 Å². The van der Waals surface area contributed by atoms with Crippen LogP contribution in [0.3, 0.4) is 0 Å². The molecule has 0 radical (unpaired) electrons. The SMILES string of the molecule is O=C(/C=C/c1ccccc1)N1CCC2(CC1)SCC(=O)N2Cc1ccco1. The second-order valence-corrected chi connectivity index (χ2v) is 8.20. The fraction of sp³-hybridized carbons (Fsp3) is 0.333. The van der Waals surface area contributed by atoms with Gasteiger partial charge in [-0.25, -0.2) is 0 Å². The summed E-state index contributed by atoms with van der Waals surface area (Å²) in [5.74, 6) is 1.48. The largest absolute Gasteiger partial charge is 0.467 e. The summed E-state index contributed by atoms with van der Waals surface area (Å²) in [6.45, 7) is 1.82. The second-order valence-electron chi connectivity index (χ2n) is 6.86. The lowest BCUT2D eigenvalue weighted by atomic mass is 10.0. The zero-order chi connectivity index (χ0) is 18.7. The van der Waals surface area contributed by atoms with Crippen LogP contribution in [0.15, 0.2) is 59.2 Å². The number of piperidine rings is 1. The van der Waals surface area contributed by atoms with E-state index in [0.717, 1.165) is 24.2 Å². The van der Waals surface area contributed by atoms with Gasteiger partial charge < -0.3 is 14.2 Å². The molecule has 0 bridgehead atoms. The average molecular weight is 382 g/mol. The predicted molar refractivity (Wildman–Crippen MR) is 106 cm³/mol. The minimum atomic E-state index is -0.218. The Balaban J connectivity index is 1.39. The molecule has 27 heavy (non-hydrogen) atoms. The first-order chi connectivity index (χ1) is 13.2. The predicted octanol–water partition coefficient (Wildman–Crippen LogP) is 3.39. The average Bonchev–Trinajstić information content (AvgIpc) is 3.32. The van der Waals surface area contributed by atoms with Crippen LogP contribution in [0, 0.1) is 0 Å². The number of hydrogen-bond acceptors (Lipinski definition) is 4. The molecule has 3 heterocycles. The Morgan fingerprint density at radius 2 is 1.93 bits per heavy atom. The number of amides is 2. The number of likely N-dealkylation sites (tertiary alicyclic amines) is 1. The Kier molecular flexibility index (Phi) is 5.07. The van der Waals surface area contributed by atoms with Gasteiger partial charge in [-0.1, -0.05) is 30.3 Å². The Hall–Kier alpha value is -2.47. The summed E-state index contributed by atoms with van der Waals surface area (Å²) in [7, 11) is 0. The smallest absolute Gasteiger partial charge is 0.246 e. The molecule has 140 valence electrons. The van der Waals surface area contributed by atoms with Gasteiger partial charge in [0, 0.05) is 19.2 Å². The van der Waals surface area contributed by atoms with Crippen LogP contribution < -0.4 is 0 Å². The van der Waals surface area contributed by atoms with Gasteiger partial charge in [0.25, 0.3) is 0 Å². The van der Waals surface area contributed by atoms with Gasteiger partial charge in [-0.15, -0.1) is 11.8 Å². The number of hydrogen-bond donors (Lipinski definition) is 0. The summed E-state index contributed by atoms with van der Waals surface area (Å²) in [5.41, 5.74) is 1.01. The van der Waals surface area contributed by atoms with Crippen molar-refractivity contribution in [2.45, 2.75) is 24.3 Å². The van der Waals surface area contributed by atoms with Crippen LogP contribution in [0.4, 0.5) is 0 Å². The molecule has 0 unspecified atom stereocenters. The summed E-state index contributed by atoms with van der Waals surface area (Å²) in [5, 5.41) is 0. The molecular formula is C21H22N2O3S. The number of rotatable bonds is 4. The van der Waals surface area contributed by atoms with Gasteiger partial charge in [0.15, 0.2) is 0 Å². The van der Waals surface area contributed by atoms with E-state index in [0.29, 0.717) is 25.4 Å². The van der Waals surface area contributed by atoms with E-state index in [1.165, 1.54) is 0 Å². The summed E-state index contributed by atoms with van der Waals surface area (Å²) in [4.78, 5) is 28.5. The minimum absolute atomic E-state index is 0.0283. The first-order valence-corrected chi connectivity index (χ1v) is 10.1. The van der Waals surface area contributed by atoms with E-state index in [2.05, 4.69) is 0 Å². The molecule has 2 fully saturated rings. The maximum atomic E-state index is 12.5. The van der Waals surface area contributed by atoms with E-state index in [-0.39, 0.29) is 16.7 Å². The van der Waals surface area contributed by atoms with Gasteiger partial charge in [0.2, 0.25) is 11.8 Å². The van der Waals surface area contributed by atoms with Gasteiger partial charge in [-0.05, 0) is 36.6 Å². The Morgan fingerprint density at radius 1 is 1.15 bits per heavy atom. The molecule has 2 saturated heterocycles. The van der Waals surface area contributed by atoms with E-state index in [9.17, 15) is 9.59 Å². The van der Waals surface area contributed by atoms with Crippen LogP contribution in [0.25, 0.3) is 6.08 Å². The van der Waals surface area contributed by atoms with Gasteiger partial charge in [-0.2, -0.15) is 0 Å². The van der Waals surface area contributed by atoms with Crippen molar-refractivity contribution in [3.05, 3.63) is 66.1 Å². The highest BCUT2D eigenvalue weighted by Gasteiger charge is 2.48. The molecule has 1 spiro atoms. The number of carbonyl (C=O) groups is 2. The summed E-state index contributed by atoms with van der Waals surface area (Å²) in [6, 6.07) is 13.6. The Morgan fingerprint density at radius 3 is 2.63 bits per heavy atom. The van der Waals surface area contributed by atoms with Crippen molar-refractivity contribution in [1.29, 1.82) is 0 Å². The molecule has 6 heteroatoms. The fourth-order valence-corrected chi connectivity index (χ4v) is 5.04. The third-order valence-electron chi connectivity index (χ3n) is 5.23. The molecule has 2 amide bonds. The first kappa shape index (κ1) is 17.9. The van der Waals surface area contributed by atoms with Crippen molar-refractivity contribution >= 4 is 29.7 Å². The summed E-state index contributed by atoms with van der Waals surface area (Å²) < 4.78 is 5.43. The molecule has 2 aliphatic rings. The zero-order valence-electron chi connectivity index (χ0n) is 15.0. The fourth-order valence-electron chi connectivity index (χ4n) is 3.70. The van der Waals surface area contributed by atoms with E-state index in [1.54, 1.807) is 24.1 Å². The molecule has 2 aliphatic heterocycles. The van der Waals surface area contributed by atoms with Crippen molar-refractivity contribution in [1.82, 2.24) is 9.80 Å². The number of nitrogens with zero attached hydrogens (tertiary/aromatic N) is 2. The van der Waals surface area contributed by atoms with Crippen molar-refractivity contribution in [2.24, 2.45) is 0 Å². The third-order valence-corrected chi connectivity index (χ3v) is 6.78. The number of furan rings is 1. The highest BCUT2D eigenvalue weighted by molar-refractivity contribution is 8.01. The van der Waals surface area contributed by atoms with Crippen LogP contribution in [0.1, 0.15) is 24.2 Å². The molecule has 0 aliphatic carbocycles. The van der Waals surface area contributed by atoms with E-state index < -0.39 is 0 Å². The standard InChI is InChI=1S/C21H22N2O3S/c24-19(9-8-17-5-2-1-3-6-17)22-12-10-21(11-13-22)23(20(25)16-27-21)15-18-7-4-14-26-18/h1-9,14H,10-13,15-16H2/b9-8+. The van der Waals surface area contributed by atoms with Crippen molar-refractivity contribution in [2.75, 3.05) is 18.8 Å². The first-order valence-electron chi connectivity index (χ1n) is 9.15. The van der Waals surface area contributed by atoms with Gasteiger partial charge in [0.1, 0.15) is 5.76 Å². The molecular weight excluding hydrogens is 360 g/mol. The van der Waals surface area contributed by atoms with Crippen LogP contribution in [0.2, 0.25) is 0 Å². The van der Waals surface area contributed by atoms with Crippen LogP contribution in [-0.2, 0) is 16.1 Å². The van der Waals surface area contributed by atoms with Crippen LogP contribution in [-0.4, -0.2) is 45.3 Å². The highest BCUT2D eigenvalue weighted by Crippen LogP contribution is 2.45. The lowest BCUT2D eigenvalue weighted by molar-refractivity contribution is -0.133. The number of carbonyl (C=O) groups excluding carboxylic acids is 2. The quantitative estimate of drug-likeness (QED) is 0.761. The maximum Gasteiger partial charge on any atom is 0.246 e. The second kappa shape index (κ2) is 7.64. The van der Waals surface area contributed by atoms with Crippen molar-refractivity contribution in [3.63, 3.8) is 0 Å².